The summed E-state index contributed by atoms with van der Waals surface area (Å²) in [6.07, 6.45) is 0. The summed E-state index contributed by atoms with van der Waals surface area (Å²) in [7, 11) is 5.24. The average Bonchev–Trinajstić information content (AvgIpc) is 2.89. The van der Waals surface area contributed by atoms with E-state index in [1.54, 1.807) is 14.2 Å². The molecule has 1 aromatic carbocycles. The molecule has 1 unspecified atom stereocenters. The number of hydrogen-bond acceptors (Lipinski definition) is 4. The van der Waals surface area contributed by atoms with Gasteiger partial charge >= 0.3 is 0 Å². The van der Waals surface area contributed by atoms with E-state index < -0.39 is 0 Å². The van der Waals surface area contributed by atoms with E-state index in [1.807, 2.05) is 31.3 Å². The molecular formula is C16H21NO3. The first-order valence-electron chi connectivity index (χ1n) is 6.59. The van der Waals surface area contributed by atoms with Crippen molar-refractivity contribution >= 4 is 0 Å². The van der Waals surface area contributed by atoms with Gasteiger partial charge in [-0.05, 0) is 32.2 Å². The van der Waals surface area contributed by atoms with Crippen molar-refractivity contribution in [2.75, 3.05) is 21.3 Å². The van der Waals surface area contributed by atoms with Gasteiger partial charge in [-0.25, -0.2) is 0 Å². The van der Waals surface area contributed by atoms with Crippen LogP contribution in [0.2, 0.25) is 0 Å². The van der Waals surface area contributed by atoms with Crippen LogP contribution in [0.4, 0.5) is 0 Å². The monoisotopic (exact) mass is 275 g/mol. The number of ether oxygens (including phenoxy) is 2. The lowest BCUT2D eigenvalue weighted by Gasteiger charge is -2.18. The first-order chi connectivity index (χ1) is 9.69. The SMILES string of the molecule is CNC(c1ccc(COC)o1)c1cc(C)ccc1OC. The van der Waals surface area contributed by atoms with Crippen molar-refractivity contribution in [1.29, 1.82) is 0 Å². The molecule has 4 nitrogen and oxygen atoms in total. The Labute approximate surface area is 119 Å². The number of rotatable bonds is 6. The Balaban J connectivity index is 2.38. The van der Waals surface area contributed by atoms with Crippen molar-refractivity contribution in [2.45, 2.75) is 19.6 Å². The second-order valence-electron chi connectivity index (χ2n) is 4.70. The molecule has 108 valence electrons. The largest absolute Gasteiger partial charge is 0.496 e. The van der Waals surface area contributed by atoms with Gasteiger partial charge in [0.05, 0.1) is 13.2 Å². The van der Waals surface area contributed by atoms with Crippen molar-refractivity contribution in [2.24, 2.45) is 0 Å². The standard InChI is InChI=1S/C16H21NO3/c1-11-5-7-14(19-4)13(9-11)16(17-2)15-8-6-12(20-15)10-18-3/h5-9,16-17H,10H2,1-4H3. The number of furan rings is 1. The van der Waals surface area contributed by atoms with Gasteiger partial charge in [-0.15, -0.1) is 0 Å². The quantitative estimate of drug-likeness (QED) is 0.880. The Morgan fingerprint density at radius 2 is 2.00 bits per heavy atom. The summed E-state index contributed by atoms with van der Waals surface area (Å²) in [5, 5.41) is 3.28. The molecular weight excluding hydrogens is 254 g/mol. The van der Waals surface area contributed by atoms with E-state index in [1.165, 1.54) is 5.56 Å². The minimum atomic E-state index is -0.0459. The summed E-state index contributed by atoms with van der Waals surface area (Å²) in [6.45, 7) is 2.54. The van der Waals surface area contributed by atoms with Crippen LogP contribution in [0.3, 0.4) is 0 Å². The lowest BCUT2D eigenvalue weighted by molar-refractivity contribution is 0.162. The van der Waals surface area contributed by atoms with Gasteiger partial charge in [-0.2, -0.15) is 0 Å². The molecule has 4 heteroatoms. The highest BCUT2D eigenvalue weighted by molar-refractivity contribution is 5.42. The van der Waals surface area contributed by atoms with E-state index in [0.29, 0.717) is 6.61 Å². The number of benzene rings is 1. The molecule has 1 aromatic heterocycles. The summed E-state index contributed by atoms with van der Waals surface area (Å²) in [6, 6.07) is 9.98. The predicted molar refractivity (Wildman–Crippen MR) is 78.1 cm³/mol. The van der Waals surface area contributed by atoms with E-state index >= 15 is 0 Å². The molecule has 20 heavy (non-hydrogen) atoms. The fraction of sp³-hybridized carbons (Fsp3) is 0.375. The Kier molecular flexibility index (Phi) is 4.82. The molecule has 2 aromatic rings. The number of aryl methyl sites for hydroxylation is 1. The maximum Gasteiger partial charge on any atom is 0.129 e. The Morgan fingerprint density at radius 1 is 1.20 bits per heavy atom. The highest BCUT2D eigenvalue weighted by atomic mass is 16.5. The third-order valence-corrected chi connectivity index (χ3v) is 3.24. The van der Waals surface area contributed by atoms with Crippen LogP contribution in [-0.2, 0) is 11.3 Å². The smallest absolute Gasteiger partial charge is 0.129 e. The van der Waals surface area contributed by atoms with Gasteiger partial charge in [0.1, 0.15) is 23.9 Å². The minimum absolute atomic E-state index is 0.0459. The maximum absolute atomic E-state index is 5.83. The average molecular weight is 275 g/mol. The second-order valence-corrected chi connectivity index (χ2v) is 4.70. The number of hydrogen-bond donors (Lipinski definition) is 1. The summed E-state index contributed by atoms with van der Waals surface area (Å²) in [4.78, 5) is 0. The fourth-order valence-electron chi connectivity index (χ4n) is 2.30. The summed E-state index contributed by atoms with van der Waals surface area (Å²) < 4.78 is 16.4. The first-order valence-corrected chi connectivity index (χ1v) is 6.59. The predicted octanol–water partition coefficient (Wildman–Crippen LogP) is 3.05. The Bertz CT molecular complexity index is 563. The number of methoxy groups -OCH3 is 2. The van der Waals surface area contributed by atoms with Gasteiger partial charge in [0.25, 0.3) is 0 Å². The molecule has 1 heterocycles. The zero-order chi connectivity index (χ0) is 14.5. The van der Waals surface area contributed by atoms with Gasteiger partial charge in [-0.3, -0.25) is 0 Å². The highest BCUT2D eigenvalue weighted by Gasteiger charge is 2.20. The molecule has 0 spiro atoms. The molecule has 0 aliphatic rings. The Morgan fingerprint density at radius 3 is 2.65 bits per heavy atom. The zero-order valence-corrected chi connectivity index (χ0v) is 12.4. The van der Waals surface area contributed by atoms with Gasteiger partial charge in [-0.1, -0.05) is 17.7 Å². The summed E-state index contributed by atoms with van der Waals surface area (Å²) in [5.74, 6) is 2.51. The van der Waals surface area contributed by atoms with Crippen LogP contribution in [0.5, 0.6) is 5.75 Å². The van der Waals surface area contributed by atoms with Crippen LogP contribution in [-0.4, -0.2) is 21.3 Å². The Hall–Kier alpha value is -1.78. The van der Waals surface area contributed by atoms with Gasteiger partial charge < -0.3 is 19.2 Å². The maximum atomic E-state index is 5.83. The highest BCUT2D eigenvalue weighted by Crippen LogP contribution is 2.31. The molecule has 0 aliphatic heterocycles. The molecule has 1 atom stereocenters. The van der Waals surface area contributed by atoms with E-state index in [2.05, 4.69) is 18.3 Å². The van der Waals surface area contributed by atoms with Crippen molar-refractivity contribution in [3.05, 3.63) is 53.0 Å². The fourth-order valence-corrected chi connectivity index (χ4v) is 2.30. The van der Waals surface area contributed by atoms with Crippen LogP contribution in [0.15, 0.2) is 34.7 Å². The summed E-state index contributed by atoms with van der Waals surface area (Å²) >= 11 is 0. The molecule has 0 bridgehead atoms. The van der Waals surface area contributed by atoms with E-state index in [0.717, 1.165) is 22.8 Å². The molecule has 2 rings (SSSR count). The summed E-state index contributed by atoms with van der Waals surface area (Å²) in [5.41, 5.74) is 2.25. The van der Waals surface area contributed by atoms with E-state index in [4.69, 9.17) is 13.9 Å². The molecule has 1 N–H and O–H groups in total. The van der Waals surface area contributed by atoms with E-state index in [9.17, 15) is 0 Å². The lowest BCUT2D eigenvalue weighted by atomic mass is 10.0. The normalized spacial score (nSPS) is 12.4. The number of nitrogens with one attached hydrogen (secondary N) is 1. The first kappa shape index (κ1) is 14.6. The third-order valence-electron chi connectivity index (χ3n) is 3.24. The molecule has 0 saturated carbocycles. The zero-order valence-electron chi connectivity index (χ0n) is 12.4. The molecule has 0 amide bonds. The van der Waals surface area contributed by atoms with Crippen LogP contribution in [0.1, 0.15) is 28.7 Å². The molecule has 0 saturated heterocycles. The molecule has 0 radical (unpaired) electrons. The van der Waals surface area contributed by atoms with Gasteiger partial charge in [0, 0.05) is 12.7 Å². The van der Waals surface area contributed by atoms with Crippen LogP contribution >= 0.6 is 0 Å². The second kappa shape index (κ2) is 6.59. The van der Waals surface area contributed by atoms with Crippen molar-refractivity contribution < 1.29 is 13.9 Å². The van der Waals surface area contributed by atoms with Crippen LogP contribution in [0.25, 0.3) is 0 Å². The van der Waals surface area contributed by atoms with E-state index in [-0.39, 0.29) is 6.04 Å². The van der Waals surface area contributed by atoms with Crippen molar-refractivity contribution in [3.8, 4) is 5.75 Å². The van der Waals surface area contributed by atoms with Gasteiger partial charge in [0.15, 0.2) is 0 Å². The molecule has 0 aliphatic carbocycles. The minimum Gasteiger partial charge on any atom is -0.496 e. The topological polar surface area (TPSA) is 43.6 Å². The van der Waals surface area contributed by atoms with Crippen molar-refractivity contribution in [1.82, 2.24) is 5.32 Å². The van der Waals surface area contributed by atoms with Gasteiger partial charge in [0.2, 0.25) is 0 Å². The third kappa shape index (κ3) is 3.03. The van der Waals surface area contributed by atoms with Crippen molar-refractivity contribution in [3.63, 3.8) is 0 Å². The van der Waals surface area contributed by atoms with Crippen LogP contribution in [0, 0.1) is 6.92 Å². The molecule has 0 fully saturated rings. The van der Waals surface area contributed by atoms with Crippen LogP contribution < -0.4 is 10.1 Å². The lowest BCUT2D eigenvalue weighted by Crippen LogP contribution is -2.18.